The van der Waals surface area contributed by atoms with Crippen molar-refractivity contribution in [1.29, 1.82) is 0 Å². The lowest BCUT2D eigenvalue weighted by atomic mass is 10.2. The zero-order valence-corrected chi connectivity index (χ0v) is 11.7. The molecule has 0 aliphatic carbocycles. The van der Waals surface area contributed by atoms with Crippen molar-refractivity contribution in [3.63, 3.8) is 0 Å². The van der Waals surface area contributed by atoms with Gasteiger partial charge in [-0.05, 0) is 25.1 Å². The topological polar surface area (TPSA) is 91.8 Å². The van der Waals surface area contributed by atoms with E-state index < -0.39 is 5.97 Å². The number of aromatic nitrogens is 1. The zero-order chi connectivity index (χ0) is 15.1. The molecule has 0 unspecified atom stereocenters. The highest BCUT2D eigenvalue weighted by molar-refractivity contribution is 5.93. The van der Waals surface area contributed by atoms with Crippen molar-refractivity contribution in [3.8, 4) is 0 Å². The number of carbonyl (C=O) groups excluding carboxylic acids is 1. The monoisotopic (exact) mass is 293 g/mol. The fourth-order valence-corrected chi connectivity index (χ4v) is 2.07. The van der Waals surface area contributed by atoms with Crippen molar-refractivity contribution in [3.05, 3.63) is 29.6 Å². The van der Waals surface area contributed by atoms with Crippen LogP contribution in [0.4, 0.5) is 0 Å². The van der Waals surface area contributed by atoms with Crippen LogP contribution in [0.25, 0.3) is 0 Å². The maximum atomic E-state index is 11.8. The van der Waals surface area contributed by atoms with Crippen molar-refractivity contribution in [1.82, 2.24) is 15.2 Å². The van der Waals surface area contributed by atoms with Crippen LogP contribution in [0.2, 0.25) is 0 Å². The zero-order valence-electron chi connectivity index (χ0n) is 11.7. The molecule has 0 spiro atoms. The van der Waals surface area contributed by atoms with Crippen LogP contribution < -0.4 is 5.32 Å². The largest absolute Gasteiger partial charge is 0.478 e. The second kappa shape index (κ2) is 7.70. The number of amides is 1. The van der Waals surface area contributed by atoms with Gasteiger partial charge in [-0.15, -0.1) is 0 Å². The van der Waals surface area contributed by atoms with E-state index >= 15 is 0 Å². The number of carbonyl (C=O) groups is 2. The quantitative estimate of drug-likeness (QED) is 0.730. The van der Waals surface area contributed by atoms with Crippen LogP contribution in [-0.2, 0) is 4.74 Å². The van der Waals surface area contributed by atoms with Crippen molar-refractivity contribution >= 4 is 11.9 Å². The minimum Gasteiger partial charge on any atom is -0.478 e. The van der Waals surface area contributed by atoms with Crippen LogP contribution >= 0.6 is 0 Å². The summed E-state index contributed by atoms with van der Waals surface area (Å²) >= 11 is 0. The summed E-state index contributed by atoms with van der Waals surface area (Å²) in [6.07, 6.45) is 2.05. The molecule has 2 N–H and O–H groups in total. The summed E-state index contributed by atoms with van der Waals surface area (Å²) in [5, 5.41) is 11.5. The Labute approximate surface area is 122 Å². The van der Waals surface area contributed by atoms with E-state index in [1.807, 2.05) is 0 Å². The van der Waals surface area contributed by atoms with Crippen molar-refractivity contribution < 1.29 is 19.4 Å². The normalized spacial score (nSPS) is 15.6. The fourth-order valence-electron chi connectivity index (χ4n) is 2.07. The van der Waals surface area contributed by atoms with Crippen LogP contribution in [-0.4, -0.2) is 66.3 Å². The summed E-state index contributed by atoms with van der Waals surface area (Å²) in [6, 6.07) is 2.79. The van der Waals surface area contributed by atoms with E-state index in [-0.39, 0.29) is 17.2 Å². The number of carboxylic acid groups (broad SMARTS) is 1. The highest BCUT2D eigenvalue weighted by Crippen LogP contribution is 2.01. The molecule has 0 aromatic carbocycles. The second-order valence-electron chi connectivity index (χ2n) is 4.80. The molecule has 7 nitrogen and oxygen atoms in total. The number of morpholine rings is 1. The number of hydrogen-bond acceptors (Lipinski definition) is 5. The molecule has 1 aromatic rings. The predicted molar refractivity (Wildman–Crippen MR) is 75.4 cm³/mol. The molecule has 1 saturated heterocycles. The van der Waals surface area contributed by atoms with E-state index in [0.29, 0.717) is 6.54 Å². The Kier molecular flexibility index (Phi) is 5.65. The first-order valence-electron chi connectivity index (χ1n) is 6.94. The molecule has 114 valence electrons. The van der Waals surface area contributed by atoms with Crippen LogP contribution in [0.15, 0.2) is 18.3 Å². The van der Waals surface area contributed by atoms with Crippen molar-refractivity contribution in [2.45, 2.75) is 6.42 Å². The van der Waals surface area contributed by atoms with Crippen LogP contribution in [0.5, 0.6) is 0 Å². The molecular weight excluding hydrogens is 274 g/mol. The molecular formula is C14H19N3O4. The number of ether oxygens (including phenoxy) is 1. The van der Waals surface area contributed by atoms with E-state index in [1.165, 1.54) is 18.3 Å². The molecule has 0 bridgehead atoms. The molecule has 2 rings (SSSR count). The molecule has 7 heteroatoms. The fraction of sp³-hybridized carbons (Fsp3) is 0.500. The maximum Gasteiger partial charge on any atom is 0.337 e. The smallest absolute Gasteiger partial charge is 0.337 e. The van der Waals surface area contributed by atoms with Crippen LogP contribution in [0.3, 0.4) is 0 Å². The average molecular weight is 293 g/mol. The lowest BCUT2D eigenvalue weighted by Crippen LogP contribution is -2.38. The van der Waals surface area contributed by atoms with E-state index in [1.54, 1.807) is 0 Å². The Morgan fingerprint density at radius 3 is 2.71 bits per heavy atom. The highest BCUT2D eigenvalue weighted by Gasteiger charge is 2.11. The average Bonchev–Trinajstić information content (AvgIpc) is 2.52. The van der Waals surface area contributed by atoms with Crippen LogP contribution in [0.1, 0.15) is 27.3 Å². The number of hydrogen-bond donors (Lipinski definition) is 2. The van der Waals surface area contributed by atoms with Gasteiger partial charge >= 0.3 is 5.97 Å². The standard InChI is InChI=1S/C14H19N3O4/c18-13(12-3-2-11(10-16-12)14(19)20)15-4-1-5-17-6-8-21-9-7-17/h2-3,10H,1,4-9H2,(H,15,18)(H,19,20). The van der Waals surface area contributed by atoms with Gasteiger partial charge in [0.2, 0.25) is 0 Å². The Bertz CT molecular complexity index is 483. The van der Waals surface area contributed by atoms with Gasteiger partial charge in [0.05, 0.1) is 18.8 Å². The number of carboxylic acids is 1. The number of nitrogens with zero attached hydrogens (tertiary/aromatic N) is 2. The van der Waals surface area contributed by atoms with Gasteiger partial charge in [-0.2, -0.15) is 0 Å². The third kappa shape index (κ3) is 4.80. The van der Waals surface area contributed by atoms with Crippen LogP contribution in [0, 0.1) is 0 Å². The summed E-state index contributed by atoms with van der Waals surface area (Å²) in [4.78, 5) is 28.7. The van der Waals surface area contributed by atoms with Gasteiger partial charge in [0.15, 0.2) is 0 Å². The first-order chi connectivity index (χ1) is 10.2. The summed E-state index contributed by atoms with van der Waals surface area (Å²) < 4.78 is 5.27. The van der Waals surface area contributed by atoms with E-state index in [0.717, 1.165) is 39.3 Å². The minimum absolute atomic E-state index is 0.0684. The molecule has 0 atom stereocenters. The van der Waals surface area contributed by atoms with Crippen molar-refractivity contribution in [2.24, 2.45) is 0 Å². The summed E-state index contributed by atoms with van der Waals surface area (Å²) in [7, 11) is 0. The first-order valence-corrected chi connectivity index (χ1v) is 6.94. The Morgan fingerprint density at radius 2 is 2.10 bits per heavy atom. The molecule has 1 amide bonds. The van der Waals surface area contributed by atoms with Gasteiger partial charge in [0, 0.05) is 25.8 Å². The lowest BCUT2D eigenvalue weighted by molar-refractivity contribution is 0.0374. The van der Waals surface area contributed by atoms with E-state index in [4.69, 9.17) is 9.84 Å². The Hall–Kier alpha value is -1.99. The Balaban J connectivity index is 1.70. The Morgan fingerprint density at radius 1 is 1.33 bits per heavy atom. The second-order valence-corrected chi connectivity index (χ2v) is 4.80. The van der Waals surface area contributed by atoms with E-state index in [2.05, 4.69) is 15.2 Å². The highest BCUT2D eigenvalue weighted by atomic mass is 16.5. The summed E-state index contributed by atoms with van der Waals surface area (Å²) in [5.74, 6) is -1.34. The number of rotatable bonds is 6. The predicted octanol–water partition coefficient (Wildman–Crippen LogP) is 0.232. The van der Waals surface area contributed by atoms with Gasteiger partial charge in [-0.25, -0.2) is 4.79 Å². The number of aromatic carboxylic acids is 1. The number of pyridine rings is 1. The summed E-state index contributed by atoms with van der Waals surface area (Å²) in [6.45, 7) is 4.91. The number of nitrogens with one attached hydrogen (secondary N) is 1. The summed E-state index contributed by atoms with van der Waals surface area (Å²) in [5.41, 5.74) is 0.297. The minimum atomic E-state index is -1.06. The molecule has 1 aromatic heterocycles. The van der Waals surface area contributed by atoms with Gasteiger partial charge in [0.25, 0.3) is 5.91 Å². The molecule has 0 radical (unpaired) electrons. The van der Waals surface area contributed by atoms with Crippen molar-refractivity contribution in [2.75, 3.05) is 39.4 Å². The van der Waals surface area contributed by atoms with Gasteiger partial charge in [-0.1, -0.05) is 0 Å². The third-order valence-corrected chi connectivity index (χ3v) is 3.28. The molecule has 0 saturated carbocycles. The molecule has 1 fully saturated rings. The van der Waals surface area contributed by atoms with Gasteiger partial charge < -0.3 is 15.2 Å². The molecule has 1 aliphatic heterocycles. The SMILES string of the molecule is O=C(O)c1ccc(C(=O)NCCCN2CCOCC2)nc1. The maximum absolute atomic E-state index is 11.8. The molecule has 1 aliphatic rings. The van der Waals surface area contributed by atoms with E-state index in [9.17, 15) is 9.59 Å². The first kappa shape index (κ1) is 15.4. The molecule has 21 heavy (non-hydrogen) atoms. The third-order valence-electron chi connectivity index (χ3n) is 3.28. The van der Waals surface area contributed by atoms with Gasteiger partial charge in [0.1, 0.15) is 5.69 Å². The molecule has 2 heterocycles. The lowest BCUT2D eigenvalue weighted by Gasteiger charge is -2.26. The van der Waals surface area contributed by atoms with Gasteiger partial charge in [-0.3, -0.25) is 14.7 Å².